The molecule has 1 rings (SSSR count). The van der Waals surface area contributed by atoms with Crippen molar-refractivity contribution in [3.8, 4) is 0 Å². The minimum Gasteiger partial charge on any atom is -0.284 e. The van der Waals surface area contributed by atoms with Crippen LogP contribution in [0.25, 0.3) is 0 Å². The van der Waals surface area contributed by atoms with Gasteiger partial charge in [0.15, 0.2) is 0 Å². The van der Waals surface area contributed by atoms with E-state index in [9.17, 15) is 4.79 Å². The normalized spacial score (nSPS) is 10.8. The summed E-state index contributed by atoms with van der Waals surface area (Å²) in [6, 6.07) is 1.49. The Morgan fingerprint density at radius 3 is 2.53 bits per heavy atom. The first-order valence-electron chi connectivity index (χ1n) is 5.60. The molecule has 0 bridgehead atoms. The Morgan fingerprint density at radius 1 is 1.27 bits per heavy atom. The number of hydrogen-bond donors (Lipinski definition) is 0. The molecule has 0 atom stereocenters. The zero-order valence-corrected chi connectivity index (χ0v) is 10.7. The Kier molecular flexibility index (Phi) is 6.03. The van der Waals surface area contributed by atoms with Gasteiger partial charge in [-0.2, -0.15) is 0 Å². The molecule has 0 saturated heterocycles. The molecule has 86 valence electrons. The van der Waals surface area contributed by atoms with Gasteiger partial charge in [0, 0.05) is 12.6 Å². The first kappa shape index (κ1) is 12.8. The molecule has 1 heterocycles. The largest absolute Gasteiger partial charge is 0.284 e. The van der Waals surface area contributed by atoms with E-state index in [1.807, 2.05) is 3.96 Å². The summed E-state index contributed by atoms with van der Waals surface area (Å²) in [5.74, 6) is 0. The van der Waals surface area contributed by atoms with Crippen LogP contribution < -0.4 is 4.74 Å². The number of unbranched alkanes of at least 4 members (excludes halogenated alkanes) is 5. The summed E-state index contributed by atoms with van der Waals surface area (Å²) in [5, 5.41) is 0.582. The second kappa shape index (κ2) is 7.07. The summed E-state index contributed by atoms with van der Waals surface area (Å²) in [5.41, 5.74) is 0. The smallest absolute Gasteiger partial charge is 0.251 e. The van der Waals surface area contributed by atoms with E-state index in [-0.39, 0.29) is 4.74 Å². The molecule has 15 heavy (non-hydrogen) atoms. The number of nitrogens with zero attached hydrogens (tertiary/aromatic N) is 1. The zero-order chi connectivity index (χ0) is 11.1. The molecule has 2 nitrogen and oxygen atoms in total. The van der Waals surface area contributed by atoms with Gasteiger partial charge in [-0.15, -0.1) is 0 Å². The zero-order valence-electron chi connectivity index (χ0n) is 9.17. The third kappa shape index (κ3) is 4.85. The Bertz CT molecular complexity index is 332. The van der Waals surface area contributed by atoms with Crippen LogP contribution in [-0.2, 0) is 6.54 Å². The van der Waals surface area contributed by atoms with Crippen molar-refractivity contribution in [3.63, 3.8) is 0 Å². The maximum Gasteiger partial charge on any atom is 0.251 e. The van der Waals surface area contributed by atoms with Gasteiger partial charge in [-0.1, -0.05) is 50.6 Å². The Labute approximate surface area is 100 Å². The highest BCUT2D eigenvalue weighted by Crippen LogP contribution is 2.12. The highest BCUT2D eigenvalue weighted by Gasteiger charge is 2.01. The summed E-state index contributed by atoms with van der Waals surface area (Å²) in [6.45, 7) is 3.11. The van der Waals surface area contributed by atoms with E-state index in [4.69, 9.17) is 11.6 Å². The van der Waals surface area contributed by atoms with Gasteiger partial charge in [0.25, 0.3) is 4.74 Å². The van der Waals surface area contributed by atoms with Crippen molar-refractivity contribution in [3.05, 3.63) is 20.8 Å². The third-order valence-corrected chi connectivity index (χ3v) is 3.70. The molecule has 0 fully saturated rings. The lowest BCUT2D eigenvalue weighted by Crippen LogP contribution is -1.94. The van der Waals surface area contributed by atoms with Crippen molar-refractivity contribution in [1.82, 2.24) is 3.96 Å². The predicted octanol–water partition coefficient (Wildman–Crippen LogP) is 3.92. The van der Waals surface area contributed by atoms with E-state index in [0.717, 1.165) is 13.0 Å². The Balaban J connectivity index is 2.15. The van der Waals surface area contributed by atoms with Crippen LogP contribution in [0.5, 0.6) is 0 Å². The van der Waals surface area contributed by atoms with Crippen LogP contribution in [0.1, 0.15) is 45.4 Å². The molecule has 0 aliphatic carbocycles. The first-order chi connectivity index (χ1) is 7.24. The molecule has 0 unspecified atom stereocenters. The molecule has 0 aliphatic heterocycles. The van der Waals surface area contributed by atoms with Crippen LogP contribution in [0.4, 0.5) is 0 Å². The molecule has 1 aromatic heterocycles. The van der Waals surface area contributed by atoms with Gasteiger partial charge >= 0.3 is 0 Å². The summed E-state index contributed by atoms with van der Waals surface area (Å²) < 4.78 is 1.93. The van der Waals surface area contributed by atoms with E-state index < -0.39 is 0 Å². The van der Waals surface area contributed by atoms with E-state index in [1.54, 1.807) is 0 Å². The second-order valence-electron chi connectivity index (χ2n) is 3.75. The second-order valence-corrected chi connectivity index (χ2v) is 5.16. The minimum atomic E-state index is 0.0472. The van der Waals surface area contributed by atoms with Gasteiger partial charge in [0.1, 0.15) is 5.15 Å². The van der Waals surface area contributed by atoms with Gasteiger partial charge in [-0.3, -0.25) is 8.75 Å². The summed E-state index contributed by atoms with van der Waals surface area (Å²) in [4.78, 5) is 11.0. The van der Waals surface area contributed by atoms with Crippen molar-refractivity contribution in [2.24, 2.45) is 0 Å². The van der Waals surface area contributed by atoms with Crippen molar-refractivity contribution in [2.75, 3.05) is 0 Å². The van der Waals surface area contributed by atoms with E-state index in [0.29, 0.717) is 5.15 Å². The highest BCUT2D eigenvalue weighted by molar-refractivity contribution is 7.04. The van der Waals surface area contributed by atoms with Crippen molar-refractivity contribution in [2.45, 2.75) is 52.0 Å². The lowest BCUT2D eigenvalue weighted by atomic mass is 10.1. The third-order valence-electron chi connectivity index (χ3n) is 2.39. The Hall–Kier alpha value is -0.280. The lowest BCUT2D eigenvalue weighted by Gasteiger charge is -2.02. The standard InChI is InChI=1S/C11H18ClNOS/c1-2-3-4-5-6-7-8-13-10(12)9-11(14)15-13/h9H,2-8H2,1H3. The quantitative estimate of drug-likeness (QED) is 0.670. The molecule has 0 aliphatic rings. The van der Waals surface area contributed by atoms with Crippen LogP contribution in [-0.4, -0.2) is 3.96 Å². The number of rotatable bonds is 7. The fourth-order valence-corrected chi connectivity index (χ4v) is 2.63. The van der Waals surface area contributed by atoms with Gasteiger partial charge in [-0.05, 0) is 18.0 Å². The van der Waals surface area contributed by atoms with Crippen LogP contribution in [0.2, 0.25) is 5.15 Å². The van der Waals surface area contributed by atoms with Crippen LogP contribution in [0, 0.1) is 0 Å². The summed E-state index contributed by atoms with van der Waals surface area (Å²) in [7, 11) is 0. The van der Waals surface area contributed by atoms with E-state index >= 15 is 0 Å². The molecular formula is C11H18ClNOS. The average molecular weight is 248 g/mol. The summed E-state index contributed by atoms with van der Waals surface area (Å²) >= 11 is 7.09. The monoisotopic (exact) mass is 247 g/mol. The fourth-order valence-electron chi connectivity index (χ4n) is 1.54. The molecule has 0 amide bonds. The maximum atomic E-state index is 11.0. The molecule has 1 aromatic rings. The topological polar surface area (TPSA) is 22.0 Å². The Morgan fingerprint density at radius 2 is 1.93 bits per heavy atom. The van der Waals surface area contributed by atoms with Gasteiger partial charge < -0.3 is 0 Å². The minimum absolute atomic E-state index is 0.0472. The number of aryl methyl sites for hydroxylation is 1. The van der Waals surface area contributed by atoms with Crippen molar-refractivity contribution < 1.29 is 0 Å². The molecule has 4 heteroatoms. The number of aromatic nitrogens is 1. The SMILES string of the molecule is CCCCCCCCn1sc(=O)cc1Cl. The highest BCUT2D eigenvalue weighted by atomic mass is 35.5. The van der Waals surface area contributed by atoms with Gasteiger partial charge in [-0.25, -0.2) is 0 Å². The van der Waals surface area contributed by atoms with Gasteiger partial charge in [0.2, 0.25) is 0 Å². The van der Waals surface area contributed by atoms with Crippen LogP contribution in [0.15, 0.2) is 10.9 Å². The summed E-state index contributed by atoms with van der Waals surface area (Å²) in [6.07, 6.45) is 7.58. The molecule has 0 aromatic carbocycles. The van der Waals surface area contributed by atoms with Crippen molar-refractivity contribution >= 4 is 23.1 Å². The van der Waals surface area contributed by atoms with Crippen LogP contribution in [0.3, 0.4) is 0 Å². The van der Waals surface area contributed by atoms with E-state index in [1.165, 1.54) is 49.7 Å². The maximum absolute atomic E-state index is 11.0. The molecule has 0 N–H and O–H groups in total. The van der Waals surface area contributed by atoms with E-state index in [2.05, 4.69) is 6.92 Å². The molecule has 0 spiro atoms. The van der Waals surface area contributed by atoms with Crippen molar-refractivity contribution in [1.29, 1.82) is 0 Å². The fraction of sp³-hybridized carbons (Fsp3) is 0.727. The molecule has 0 saturated carbocycles. The first-order valence-corrected chi connectivity index (χ1v) is 6.76. The predicted molar refractivity (Wildman–Crippen MR) is 67.0 cm³/mol. The molecule has 0 radical (unpaired) electrons. The molecular weight excluding hydrogens is 230 g/mol. The average Bonchev–Trinajstić information content (AvgIpc) is 2.51. The lowest BCUT2D eigenvalue weighted by molar-refractivity contribution is 0.573. The van der Waals surface area contributed by atoms with Gasteiger partial charge in [0.05, 0.1) is 0 Å². The van der Waals surface area contributed by atoms with Crippen LogP contribution >= 0.6 is 23.1 Å². The number of halogens is 1. The number of hydrogen-bond acceptors (Lipinski definition) is 2.